The van der Waals surface area contributed by atoms with Crippen LogP contribution in [-0.2, 0) is 17.5 Å². The van der Waals surface area contributed by atoms with Gasteiger partial charge in [-0.1, -0.05) is 6.07 Å². The molecule has 1 aromatic heterocycles. The van der Waals surface area contributed by atoms with Crippen LogP contribution in [0, 0.1) is 10.1 Å². The summed E-state index contributed by atoms with van der Waals surface area (Å²) in [5.41, 5.74) is -1.79. The fourth-order valence-corrected chi connectivity index (χ4v) is 3.54. The van der Waals surface area contributed by atoms with Crippen LogP contribution in [-0.4, -0.2) is 28.3 Å². The van der Waals surface area contributed by atoms with E-state index in [4.69, 9.17) is 0 Å². The average molecular weight is 413 g/mol. The summed E-state index contributed by atoms with van der Waals surface area (Å²) >= 11 is 1.57. The number of carbonyl (C=O) groups is 1. The number of carbonyl (C=O) groups excluding carboxylic acids is 1. The third-order valence-corrected chi connectivity index (χ3v) is 5.25. The second-order valence-corrected chi connectivity index (χ2v) is 7.53. The van der Waals surface area contributed by atoms with Crippen molar-refractivity contribution in [2.75, 3.05) is 11.9 Å². The molecule has 1 aliphatic carbocycles. The molecule has 0 unspecified atom stereocenters. The lowest BCUT2D eigenvalue weighted by Gasteiger charge is -2.22. The molecule has 0 atom stereocenters. The van der Waals surface area contributed by atoms with Gasteiger partial charge < -0.3 is 10.2 Å². The number of thiophene rings is 1. The zero-order chi connectivity index (χ0) is 20.3. The Balaban J connectivity index is 1.62. The van der Waals surface area contributed by atoms with Crippen LogP contribution in [0.4, 0.5) is 24.5 Å². The maximum absolute atomic E-state index is 12.8. The molecular formula is C18H18F3N3O3S. The summed E-state index contributed by atoms with van der Waals surface area (Å²) in [7, 11) is 0. The predicted molar refractivity (Wildman–Crippen MR) is 99.1 cm³/mol. The molecule has 1 aromatic carbocycles. The lowest BCUT2D eigenvalue weighted by atomic mass is 10.1. The molecule has 0 saturated heterocycles. The molecular weight excluding hydrogens is 395 g/mol. The zero-order valence-electron chi connectivity index (χ0n) is 14.7. The number of rotatable bonds is 8. The highest BCUT2D eigenvalue weighted by molar-refractivity contribution is 7.09. The Kier molecular flexibility index (Phi) is 5.87. The largest absolute Gasteiger partial charge is 0.416 e. The van der Waals surface area contributed by atoms with Crippen molar-refractivity contribution in [1.29, 1.82) is 0 Å². The third kappa shape index (κ3) is 5.00. The molecule has 1 fully saturated rings. The fourth-order valence-electron chi connectivity index (χ4n) is 2.83. The monoisotopic (exact) mass is 413 g/mol. The van der Waals surface area contributed by atoms with Crippen LogP contribution in [0.15, 0.2) is 35.7 Å². The summed E-state index contributed by atoms with van der Waals surface area (Å²) < 4.78 is 38.3. The number of halogens is 3. The van der Waals surface area contributed by atoms with E-state index in [9.17, 15) is 28.1 Å². The van der Waals surface area contributed by atoms with Gasteiger partial charge in [-0.3, -0.25) is 14.9 Å². The van der Waals surface area contributed by atoms with Gasteiger partial charge in [0, 0.05) is 30.0 Å². The van der Waals surface area contributed by atoms with E-state index in [1.807, 2.05) is 17.5 Å². The number of alkyl halides is 3. The Morgan fingerprint density at radius 1 is 1.32 bits per heavy atom. The normalized spacial score (nSPS) is 14.0. The summed E-state index contributed by atoms with van der Waals surface area (Å²) in [6.45, 7) is 0.625. The van der Waals surface area contributed by atoms with Gasteiger partial charge in [-0.2, -0.15) is 13.2 Å². The SMILES string of the molecule is O=C(CCNc1ccc(C(F)(F)F)cc1[N+](=O)[O-])N(Cc1cccs1)C1CC1. The average Bonchev–Trinajstić information content (AvgIpc) is 3.34. The van der Waals surface area contributed by atoms with Crippen molar-refractivity contribution in [3.63, 3.8) is 0 Å². The zero-order valence-corrected chi connectivity index (χ0v) is 15.6. The van der Waals surface area contributed by atoms with Crippen LogP contribution in [0.3, 0.4) is 0 Å². The van der Waals surface area contributed by atoms with E-state index in [1.165, 1.54) is 0 Å². The van der Waals surface area contributed by atoms with Crippen LogP contribution in [0.1, 0.15) is 29.7 Å². The van der Waals surface area contributed by atoms with E-state index in [0.29, 0.717) is 12.6 Å². The highest BCUT2D eigenvalue weighted by Gasteiger charge is 2.34. The molecule has 6 nitrogen and oxygen atoms in total. The van der Waals surface area contributed by atoms with Gasteiger partial charge in [0.2, 0.25) is 5.91 Å². The smallest absolute Gasteiger partial charge is 0.379 e. The van der Waals surface area contributed by atoms with E-state index < -0.39 is 22.4 Å². The summed E-state index contributed by atoms with van der Waals surface area (Å²) in [5, 5.41) is 15.8. The summed E-state index contributed by atoms with van der Waals surface area (Å²) in [6.07, 6.45) is -2.66. The number of nitro benzene ring substituents is 1. The summed E-state index contributed by atoms with van der Waals surface area (Å²) in [5.74, 6) is -0.0852. The number of hydrogen-bond donors (Lipinski definition) is 1. The second-order valence-electron chi connectivity index (χ2n) is 6.50. The van der Waals surface area contributed by atoms with E-state index in [-0.39, 0.29) is 30.6 Å². The number of nitro groups is 1. The van der Waals surface area contributed by atoms with Crippen molar-refractivity contribution in [2.45, 2.75) is 38.0 Å². The Labute approximate surface area is 163 Å². The van der Waals surface area contributed by atoms with Gasteiger partial charge in [-0.25, -0.2) is 0 Å². The van der Waals surface area contributed by atoms with E-state index >= 15 is 0 Å². The van der Waals surface area contributed by atoms with Crippen molar-refractivity contribution >= 4 is 28.6 Å². The maximum atomic E-state index is 12.8. The molecule has 0 spiro atoms. The van der Waals surface area contributed by atoms with Crippen LogP contribution < -0.4 is 5.32 Å². The first-order valence-electron chi connectivity index (χ1n) is 8.67. The van der Waals surface area contributed by atoms with Gasteiger partial charge in [0.25, 0.3) is 5.69 Å². The van der Waals surface area contributed by atoms with Gasteiger partial charge in [0.15, 0.2) is 0 Å². The van der Waals surface area contributed by atoms with Gasteiger partial charge in [-0.15, -0.1) is 11.3 Å². The van der Waals surface area contributed by atoms with Crippen LogP contribution >= 0.6 is 11.3 Å². The van der Waals surface area contributed by atoms with Gasteiger partial charge in [0.1, 0.15) is 5.69 Å². The van der Waals surface area contributed by atoms with Crippen LogP contribution in [0.25, 0.3) is 0 Å². The van der Waals surface area contributed by atoms with Crippen molar-refractivity contribution < 1.29 is 22.9 Å². The Morgan fingerprint density at radius 3 is 2.64 bits per heavy atom. The molecule has 2 aromatic rings. The molecule has 0 radical (unpaired) electrons. The molecule has 150 valence electrons. The molecule has 1 heterocycles. The van der Waals surface area contributed by atoms with E-state index in [2.05, 4.69) is 5.32 Å². The number of hydrogen-bond acceptors (Lipinski definition) is 5. The molecule has 1 amide bonds. The molecule has 1 saturated carbocycles. The minimum Gasteiger partial charge on any atom is -0.379 e. The molecule has 1 N–H and O–H groups in total. The number of nitrogens with one attached hydrogen (secondary N) is 1. The number of anilines is 1. The summed E-state index contributed by atoms with van der Waals surface area (Å²) in [4.78, 5) is 25.7. The first kappa shape index (κ1) is 20.1. The minimum absolute atomic E-state index is 0.0398. The second kappa shape index (κ2) is 8.17. The van der Waals surface area contributed by atoms with Crippen molar-refractivity contribution in [1.82, 2.24) is 4.90 Å². The fraction of sp³-hybridized carbons (Fsp3) is 0.389. The van der Waals surface area contributed by atoms with Crippen LogP contribution in [0.2, 0.25) is 0 Å². The number of amides is 1. The third-order valence-electron chi connectivity index (χ3n) is 4.39. The Bertz CT molecular complexity index is 852. The number of benzene rings is 1. The van der Waals surface area contributed by atoms with Crippen LogP contribution in [0.5, 0.6) is 0 Å². The van der Waals surface area contributed by atoms with E-state index in [0.717, 1.165) is 29.9 Å². The lowest BCUT2D eigenvalue weighted by molar-refractivity contribution is -0.384. The van der Waals surface area contributed by atoms with Gasteiger partial charge in [-0.05, 0) is 36.4 Å². The highest BCUT2D eigenvalue weighted by atomic mass is 32.1. The lowest BCUT2D eigenvalue weighted by Crippen LogP contribution is -2.33. The summed E-state index contributed by atoms with van der Waals surface area (Å²) in [6, 6.07) is 6.39. The molecule has 10 heteroatoms. The molecule has 1 aliphatic rings. The molecule has 28 heavy (non-hydrogen) atoms. The molecule has 3 rings (SSSR count). The Hall–Kier alpha value is -2.62. The molecule has 0 bridgehead atoms. The highest BCUT2D eigenvalue weighted by Crippen LogP contribution is 2.35. The maximum Gasteiger partial charge on any atom is 0.416 e. The van der Waals surface area contributed by atoms with Gasteiger partial charge in [0.05, 0.1) is 17.0 Å². The van der Waals surface area contributed by atoms with E-state index in [1.54, 1.807) is 16.2 Å². The van der Waals surface area contributed by atoms with Crippen molar-refractivity contribution in [3.05, 3.63) is 56.3 Å². The predicted octanol–water partition coefficient (Wildman–Crippen LogP) is 4.67. The molecule has 0 aliphatic heterocycles. The van der Waals surface area contributed by atoms with Gasteiger partial charge >= 0.3 is 6.18 Å². The van der Waals surface area contributed by atoms with Crippen molar-refractivity contribution in [2.24, 2.45) is 0 Å². The quantitative estimate of drug-likeness (QED) is 0.504. The first-order valence-corrected chi connectivity index (χ1v) is 9.55. The standard InChI is InChI=1S/C18H18F3N3O3S/c19-18(20,21)12-3-6-15(16(10-12)24(26)27)22-8-7-17(25)23(13-4-5-13)11-14-2-1-9-28-14/h1-3,6,9-10,13,22H,4-5,7-8,11H2. The topological polar surface area (TPSA) is 75.5 Å². The first-order chi connectivity index (χ1) is 13.3. The van der Waals surface area contributed by atoms with Crippen molar-refractivity contribution in [3.8, 4) is 0 Å². The Morgan fingerprint density at radius 2 is 2.07 bits per heavy atom. The minimum atomic E-state index is -4.66. The number of nitrogens with zero attached hydrogens (tertiary/aromatic N) is 2.